The van der Waals surface area contributed by atoms with Gasteiger partial charge < -0.3 is 9.52 Å². The van der Waals surface area contributed by atoms with Gasteiger partial charge in [0.1, 0.15) is 0 Å². The molecule has 0 radical (unpaired) electrons. The Morgan fingerprint density at radius 3 is 2.80 bits per heavy atom. The van der Waals surface area contributed by atoms with Gasteiger partial charge in [0.15, 0.2) is 5.92 Å². The summed E-state index contributed by atoms with van der Waals surface area (Å²) in [6, 6.07) is 3.49. The van der Waals surface area contributed by atoms with E-state index in [4.69, 9.17) is 9.52 Å². The predicted molar refractivity (Wildman–Crippen MR) is 65.5 cm³/mol. The van der Waals surface area contributed by atoms with Crippen molar-refractivity contribution in [3.63, 3.8) is 0 Å². The molecule has 0 aliphatic heterocycles. The molecular weight excluding hydrogens is 317 g/mol. The summed E-state index contributed by atoms with van der Waals surface area (Å²) in [5.41, 5.74) is 0. The first kappa shape index (κ1) is 14.9. The van der Waals surface area contributed by atoms with E-state index in [0.717, 1.165) is 0 Å². The minimum Gasteiger partial charge on any atom is -0.481 e. The second-order valence-electron chi connectivity index (χ2n) is 3.59. The van der Waals surface area contributed by atoms with Crippen molar-refractivity contribution in [3.8, 4) is 10.8 Å². The van der Waals surface area contributed by atoms with Crippen LogP contribution in [-0.2, 0) is 4.79 Å². The summed E-state index contributed by atoms with van der Waals surface area (Å²) >= 11 is 1.91. The van der Waals surface area contributed by atoms with Crippen LogP contribution in [-0.4, -0.2) is 33.2 Å². The molecule has 2 aromatic heterocycles. The summed E-state index contributed by atoms with van der Waals surface area (Å²) in [5, 5.41) is 17.5. The van der Waals surface area contributed by atoms with E-state index >= 15 is 0 Å². The molecule has 2 heterocycles. The Bertz CT molecular complexity index is 583. The van der Waals surface area contributed by atoms with Gasteiger partial charge in [0.05, 0.1) is 4.88 Å². The quantitative estimate of drug-likeness (QED) is 0.852. The fraction of sp³-hybridized carbons (Fsp3) is 0.300. The highest BCUT2D eigenvalue weighted by atomic mass is 32.2. The second kappa shape index (κ2) is 5.83. The van der Waals surface area contributed by atoms with Gasteiger partial charge in [-0.15, -0.1) is 21.5 Å². The molecule has 0 aliphatic carbocycles. The zero-order valence-corrected chi connectivity index (χ0v) is 11.3. The number of hydrogen-bond acceptors (Lipinski definition) is 6. The van der Waals surface area contributed by atoms with E-state index in [-0.39, 0.29) is 11.1 Å². The molecule has 0 aromatic carbocycles. The third-order valence-corrected chi connectivity index (χ3v) is 3.97. The van der Waals surface area contributed by atoms with Crippen LogP contribution in [0.3, 0.4) is 0 Å². The average Bonchev–Trinajstić information content (AvgIpc) is 2.96. The Kier molecular flexibility index (Phi) is 4.33. The highest BCUT2D eigenvalue weighted by Crippen LogP contribution is 2.32. The molecule has 0 fully saturated rings. The summed E-state index contributed by atoms with van der Waals surface area (Å²) in [5.74, 6) is -4.92. The van der Waals surface area contributed by atoms with Gasteiger partial charge in [-0.3, -0.25) is 4.79 Å². The van der Waals surface area contributed by atoms with Gasteiger partial charge in [-0.1, -0.05) is 17.8 Å². The van der Waals surface area contributed by atoms with Crippen molar-refractivity contribution < 1.29 is 27.5 Å². The number of alkyl halides is 3. The lowest BCUT2D eigenvalue weighted by Gasteiger charge is -2.14. The molecule has 0 saturated heterocycles. The third kappa shape index (κ3) is 3.51. The molecule has 2 rings (SSSR count). The third-order valence-electron chi connectivity index (χ3n) is 2.21. The molecule has 20 heavy (non-hydrogen) atoms. The molecule has 0 spiro atoms. The van der Waals surface area contributed by atoms with Crippen molar-refractivity contribution in [3.05, 3.63) is 17.5 Å². The maximum Gasteiger partial charge on any atom is 0.403 e. The lowest BCUT2D eigenvalue weighted by molar-refractivity contribution is -0.188. The van der Waals surface area contributed by atoms with Crippen LogP contribution in [0.5, 0.6) is 0 Å². The van der Waals surface area contributed by atoms with Gasteiger partial charge in [0.2, 0.25) is 0 Å². The van der Waals surface area contributed by atoms with E-state index in [9.17, 15) is 18.0 Å². The molecule has 2 aromatic rings. The highest BCUT2D eigenvalue weighted by Gasteiger charge is 2.45. The van der Waals surface area contributed by atoms with Gasteiger partial charge in [-0.2, -0.15) is 13.2 Å². The number of halogens is 3. The van der Waals surface area contributed by atoms with E-state index in [2.05, 4.69) is 10.2 Å². The number of thioether (sulfide) groups is 1. The number of carboxylic acids is 1. The van der Waals surface area contributed by atoms with Crippen LogP contribution in [0.25, 0.3) is 10.8 Å². The Morgan fingerprint density at radius 1 is 1.50 bits per heavy atom. The molecule has 0 aliphatic rings. The van der Waals surface area contributed by atoms with E-state index in [1.807, 2.05) is 0 Å². The van der Waals surface area contributed by atoms with Gasteiger partial charge in [0, 0.05) is 5.75 Å². The number of aromatic nitrogens is 2. The molecule has 10 heteroatoms. The van der Waals surface area contributed by atoms with Gasteiger partial charge >= 0.3 is 12.1 Å². The fourth-order valence-electron chi connectivity index (χ4n) is 1.23. The Morgan fingerprint density at radius 2 is 2.25 bits per heavy atom. The van der Waals surface area contributed by atoms with Crippen LogP contribution < -0.4 is 0 Å². The minimum atomic E-state index is -4.81. The molecule has 5 nitrogen and oxygen atoms in total. The Balaban J connectivity index is 2.02. The van der Waals surface area contributed by atoms with Crippen LogP contribution in [0.15, 0.2) is 27.2 Å². The highest BCUT2D eigenvalue weighted by molar-refractivity contribution is 7.99. The summed E-state index contributed by atoms with van der Waals surface area (Å²) < 4.78 is 42.5. The maximum absolute atomic E-state index is 12.4. The van der Waals surface area contributed by atoms with Crippen LogP contribution in [0, 0.1) is 5.92 Å². The first-order valence-corrected chi connectivity index (χ1v) is 7.04. The SMILES string of the molecule is O=C(O)C(CSc1nnc(-c2cccs2)o1)C(F)(F)F. The van der Waals surface area contributed by atoms with E-state index in [0.29, 0.717) is 16.6 Å². The summed E-state index contributed by atoms with van der Waals surface area (Å²) in [7, 11) is 0. The molecule has 0 amide bonds. The van der Waals surface area contributed by atoms with Crippen LogP contribution in [0.2, 0.25) is 0 Å². The van der Waals surface area contributed by atoms with Crippen molar-refractivity contribution in [2.45, 2.75) is 11.4 Å². The molecule has 1 N–H and O–H groups in total. The maximum atomic E-state index is 12.4. The van der Waals surface area contributed by atoms with Gasteiger partial charge in [-0.25, -0.2) is 0 Å². The lowest BCUT2D eigenvalue weighted by atomic mass is 10.2. The van der Waals surface area contributed by atoms with Crippen LogP contribution in [0.4, 0.5) is 13.2 Å². The first-order valence-electron chi connectivity index (χ1n) is 5.17. The lowest BCUT2D eigenvalue weighted by Crippen LogP contribution is -2.32. The van der Waals surface area contributed by atoms with Crippen molar-refractivity contribution in [2.75, 3.05) is 5.75 Å². The monoisotopic (exact) mass is 324 g/mol. The van der Waals surface area contributed by atoms with E-state index < -0.39 is 23.8 Å². The molecular formula is C10H7F3N2O3S2. The van der Waals surface area contributed by atoms with E-state index in [1.165, 1.54) is 11.3 Å². The number of thiophene rings is 1. The first-order chi connectivity index (χ1) is 9.38. The molecule has 108 valence electrons. The van der Waals surface area contributed by atoms with Gasteiger partial charge in [-0.05, 0) is 11.4 Å². The Labute approximate surface area is 118 Å². The topological polar surface area (TPSA) is 76.2 Å². The standard InChI is InChI=1S/C10H7F3N2O3S2/c11-10(12,13)5(8(16)17)4-20-9-15-14-7(18-9)6-2-1-3-19-6/h1-3,5H,4H2,(H,16,17). The number of aliphatic carboxylic acids is 1. The van der Waals surface area contributed by atoms with Crippen molar-refractivity contribution in [2.24, 2.45) is 5.92 Å². The zero-order valence-electron chi connectivity index (χ0n) is 9.63. The van der Waals surface area contributed by atoms with Crippen LogP contribution in [0.1, 0.15) is 0 Å². The smallest absolute Gasteiger partial charge is 0.403 e. The number of nitrogens with zero attached hydrogens (tertiary/aromatic N) is 2. The van der Waals surface area contributed by atoms with Crippen molar-refractivity contribution in [1.82, 2.24) is 10.2 Å². The number of carboxylic acid groups (broad SMARTS) is 1. The molecule has 0 saturated carbocycles. The zero-order chi connectivity index (χ0) is 14.8. The van der Waals surface area contributed by atoms with Crippen molar-refractivity contribution in [1.29, 1.82) is 0 Å². The normalized spacial score (nSPS) is 13.3. The Hall–Kier alpha value is -1.55. The summed E-state index contributed by atoms with van der Waals surface area (Å²) in [6.45, 7) is 0. The number of rotatable bonds is 5. The number of hydrogen-bond donors (Lipinski definition) is 1. The average molecular weight is 324 g/mol. The summed E-state index contributed by atoms with van der Waals surface area (Å²) in [6.07, 6.45) is -4.81. The predicted octanol–water partition coefficient (Wildman–Crippen LogP) is 3.15. The molecule has 0 bridgehead atoms. The van der Waals surface area contributed by atoms with Gasteiger partial charge in [0.25, 0.3) is 11.1 Å². The molecule has 1 unspecified atom stereocenters. The largest absolute Gasteiger partial charge is 0.481 e. The number of carbonyl (C=O) groups is 1. The van der Waals surface area contributed by atoms with Crippen LogP contribution >= 0.6 is 23.1 Å². The second-order valence-corrected chi connectivity index (χ2v) is 5.51. The van der Waals surface area contributed by atoms with E-state index in [1.54, 1.807) is 17.5 Å². The van der Waals surface area contributed by atoms with Crippen molar-refractivity contribution >= 4 is 29.1 Å². The summed E-state index contributed by atoms with van der Waals surface area (Å²) in [4.78, 5) is 11.3. The fourth-order valence-corrected chi connectivity index (χ4v) is 2.75. The minimum absolute atomic E-state index is 0.0936. The molecule has 1 atom stereocenters.